The topological polar surface area (TPSA) is 67.9 Å². The highest BCUT2D eigenvalue weighted by atomic mass is 35.5. The minimum atomic E-state index is -0.266. The third-order valence-corrected chi connectivity index (χ3v) is 3.86. The summed E-state index contributed by atoms with van der Waals surface area (Å²) in [6.07, 6.45) is 0. The van der Waals surface area contributed by atoms with Crippen molar-refractivity contribution >= 4 is 29.1 Å². The Balaban J connectivity index is 1.80. The number of benzene rings is 2. The Morgan fingerprint density at radius 2 is 1.65 bits per heavy atom. The van der Waals surface area contributed by atoms with Crippen LogP contribution in [0, 0.1) is 0 Å². The van der Waals surface area contributed by atoms with E-state index >= 15 is 0 Å². The van der Waals surface area contributed by atoms with Crippen molar-refractivity contribution < 1.29 is 19.1 Å². The molecule has 2 amide bonds. The molecular weight excluding hydrogens is 356 g/mol. The molecule has 0 unspecified atom stereocenters. The van der Waals surface area contributed by atoms with E-state index in [9.17, 15) is 9.59 Å². The van der Waals surface area contributed by atoms with Gasteiger partial charge in [0.1, 0.15) is 11.5 Å². The molecule has 138 valence electrons. The number of nitrogens with one attached hydrogen (secondary N) is 1. The van der Waals surface area contributed by atoms with E-state index in [0.717, 1.165) is 5.69 Å². The monoisotopic (exact) mass is 376 g/mol. The van der Waals surface area contributed by atoms with Gasteiger partial charge >= 0.3 is 0 Å². The standard InChI is InChI=1S/C19H21ClN2O4/c1-14(23)22(16-5-9-17(25-2)10-6-16)12-11-21-19(24)13-26-18-7-3-15(20)4-8-18/h3-10H,11-13H2,1-2H3,(H,21,24). The van der Waals surface area contributed by atoms with Crippen LogP contribution < -0.4 is 19.7 Å². The van der Waals surface area contributed by atoms with E-state index in [-0.39, 0.29) is 18.4 Å². The number of halogens is 1. The van der Waals surface area contributed by atoms with Gasteiger partial charge in [-0.3, -0.25) is 9.59 Å². The number of anilines is 1. The third kappa shape index (κ3) is 5.97. The van der Waals surface area contributed by atoms with Crippen molar-refractivity contribution in [3.05, 3.63) is 53.6 Å². The average molecular weight is 377 g/mol. The van der Waals surface area contributed by atoms with Crippen molar-refractivity contribution in [2.75, 3.05) is 31.7 Å². The number of hydrogen-bond acceptors (Lipinski definition) is 4. The number of methoxy groups -OCH3 is 1. The molecule has 0 aliphatic carbocycles. The van der Waals surface area contributed by atoms with E-state index in [1.165, 1.54) is 6.92 Å². The minimum Gasteiger partial charge on any atom is -0.497 e. The van der Waals surface area contributed by atoms with Gasteiger partial charge in [-0.25, -0.2) is 0 Å². The Bertz CT molecular complexity index is 732. The van der Waals surface area contributed by atoms with Crippen molar-refractivity contribution in [1.29, 1.82) is 0 Å². The lowest BCUT2D eigenvalue weighted by molar-refractivity contribution is -0.123. The predicted octanol–water partition coefficient (Wildman–Crippen LogP) is 2.90. The molecule has 7 heteroatoms. The molecule has 0 radical (unpaired) electrons. The van der Waals surface area contributed by atoms with Crippen LogP contribution in [0.3, 0.4) is 0 Å². The Labute approximate surface area is 157 Å². The zero-order valence-electron chi connectivity index (χ0n) is 14.7. The molecule has 0 atom stereocenters. The Morgan fingerprint density at radius 1 is 1.04 bits per heavy atom. The molecule has 0 aromatic heterocycles. The normalized spacial score (nSPS) is 10.1. The van der Waals surface area contributed by atoms with Crippen molar-refractivity contribution in [2.24, 2.45) is 0 Å². The summed E-state index contributed by atoms with van der Waals surface area (Å²) >= 11 is 5.79. The Kier molecular flexibility index (Phi) is 7.29. The molecule has 0 heterocycles. The van der Waals surface area contributed by atoms with Gasteiger partial charge in [0.15, 0.2) is 6.61 Å². The second kappa shape index (κ2) is 9.68. The summed E-state index contributed by atoms with van der Waals surface area (Å²) in [4.78, 5) is 25.3. The smallest absolute Gasteiger partial charge is 0.258 e. The molecule has 0 saturated heterocycles. The van der Waals surface area contributed by atoms with Crippen molar-refractivity contribution in [3.63, 3.8) is 0 Å². The summed E-state index contributed by atoms with van der Waals surface area (Å²) in [5, 5.41) is 3.33. The van der Waals surface area contributed by atoms with Crippen LogP contribution >= 0.6 is 11.6 Å². The first-order valence-corrected chi connectivity index (χ1v) is 8.44. The molecule has 0 aliphatic heterocycles. The van der Waals surface area contributed by atoms with Crippen LogP contribution in [0.4, 0.5) is 5.69 Å². The highest BCUT2D eigenvalue weighted by Crippen LogP contribution is 2.19. The van der Waals surface area contributed by atoms with E-state index < -0.39 is 0 Å². The van der Waals surface area contributed by atoms with Crippen LogP contribution in [0.5, 0.6) is 11.5 Å². The predicted molar refractivity (Wildman–Crippen MR) is 101 cm³/mol. The van der Waals surface area contributed by atoms with Crippen molar-refractivity contribution in [1.82, 2.24) is 5.32 Å². The SMILES string of the molecule is COc1ccc(N(CCNC(=O)COc2ccc(Cl)cc2)C(C)=O)cc1. The quantitative estimate of drug-likeness (QED) is 0.769. The molecule has 1 N–H and O–H groups in total. The molecule has 26 heavy (non-hydrogen) atoms. The molecule has 2 aromatic carbocycles. The number of rotatable bonds is 8. The summed E-state index contributed by atoms with van der Waals surface area (Å²) in [6.45, 7) is 2.04. The molecule has 2 aromatic rings. The maximum absolute atomic E-state index is 11.9. The van der Waals surface area contributed by atoms with Gasteiger partial charge < -0.3 is 19.7 Å². The van der Waals surface area contributed by atoms with Gasteiger partial charge in [0.05, 0.1) is 7.11 Å². The second-order valence-corrected chi connectivity index (χ2v) is 5.90. The van der Waals surface area contributed by atoms with Crippen LogP contribution in [0.1, 0.15) is 6.92 Å². The molecule has 0 aliphatic rings. The van der Waals surface area contributed by atoms with E-state index in [1.807, 2.05) is 0 Å². The van der Waals surface area contributed by atoms with Crippen LogP contribution in [-0.2, 0) is 9.59 Å². The van der Waals surface area contributed by atoms with Gasteiger partial charge in [-0.1, -0.05) is 11.6 Å². The molecule has 6 nitrogen and oxygen atoms in total. The van der Waals surface area contributed by atoms with Crippen molar-refractivity contribution in [3.8, 4) is 11.5 Å². The first-order chi connectivity index (χ1) is 12.5. The number of carbonyl (C=O) groups is 2. The number of amides is 2. The van der Waals surface area contributed by atoms with Gasteiger partial charge in [-0.15, -0.1) is 0 Å². The Hall–Kier alpha value is -2.73. The number of nitrogens with zero attached hydrogens (tertiary/aromatic N) is 1. The summed E-state index contributed by atoms with van der Waals surface area (Å²) in [6, 6.07) is 13.9. The van der Waals surface area contributed by atoms with E-state index in [2.05, 4.69) is 5.32 Å². The first kappa shape index (κ1) is 19.6. The summed E-state index contributed by atoms with van der Waals surface area (Å²) in [7, 11) is 1.58. The molecule has 2 rings (SSSR count). The maximum atomic E-state index is 11.9. The number of carbonyl (C=O) groups excluding carboxylic acids is 2. The van der Waals surface area contributed by atoms with E-state index in [4.69, 9.17) is 21.1 Å². The van der Waals surface area contributed by atoms with Gasteiger partial charge in [0.25, 0.3) is 5.91 Å². The Morgan fingerprint density at radius 3 is 2.23 bits per heavy atom. The van der Waals surface area contributed by atoms with Gasteiger partial charge in [0.2, 0.25) is 5.91 Å². The van der Waals surface area contributed by atoms with Crippen LogP contribution in [0.25, 0.3) is 0 Å². The van der Waals surface area contributed by atoms with E-state index in [0.29, 0.717) is 29.6 Å². The third-order valence-electron chi connectivity index (χ3n) is 3.61. The molecule has 0 saturated carbocycles. The lowest BCUT2D eigenvalue weighted by Crippen LogP contribution is -2.39. The number of ether oxygens (including phenoxy) is 2. The summed E-state index contributed by atoms with van der Waals surface area (Å²) in [5.41, 5.74) is 0.741. The summed E-state index contributed by atoms with van der Waals surface area (Å²) < 4.78 is 10.5. The van der Waals surface area contributed by atoms with Gasteiger partial charge in [-0.05, 0) is 48.5 Å². The number of hydrogen-bond donors (Lipinski definition) is 1. The fourth-order valence-corrected chi connectivity index (χ4v) is 2.39. The molecule has 0 spiro atoms. The zero-order chi connectivity index (χ0) is 18.9. The largest absolute Gasteiger partial charge is 0.497 e. The molecule has 0 bridgehead atoms. The maximum Gasteiger partial charge on any atom is 0.258 e. The van der Waals surface area contributed by atoms with Crippen LogP contribution in [0.15, 0.2) is 48.5 Å². The van der Waals surface area contributed by atoms with Gasteiger partial charge in [-0.2, -0.15) is 0 Å². The van der Waals surface area contributed by atoms with Crippen LogP contribution in [-0.4, -0.2) is 38.6 Å². The van der Waals surface area contributed by atoms with Crippen molar-refractivity contribution in [2.45, 2.75) is 6.92 Å². The fraction of sp³-hybridized carbons (Fsp3) is 0.263. The van der Waals surface area contributed by atoms with Gasteiger partial charge in [0, 0.05) is 30.7 Å². The first-order valence-electron chi connectivity index (χ1n) is 8.07. The highest BCUT2D eigenvalue weighted by molar-refractivity contribution is 6.30. The molecule has 0 fully saturated rings. The second-order valence-electron chi connectivity index (χ2n) is 5.46. The minimum absolute atomic E-state index is 0.107. The molecular formula is C19H21ClN2O4. The van der Waals surface area contributed by atoms with E-state index in [1.54, 1.807) is 60.5 Å². The van der Waals surface area contributed by atoms with Crippen LogP contribution in [0.2, 0.25) is 5.02 Å². The lowest BCUT2D eigenvalue weighted by atomic mass is 10.2. The zero-order valence-corrected chi connectivity index (χ0v) is 15.5. The summed E-state index contributed by atoms with van der Waals surface area (Å²) in [5.74, 6) is 0.901. The fourth-order valence-electron chi connectivity index (χ4n) is 2.27. The average Bonchev–Trinajstić information content (AvgIpc) is 2.64. The lowest BCUT2D eigenvalue weighted by Gasteiger charge is -2.21. The highest BCUT2D eigenvalue weighted by Gasteiger charge is 2.12.